The Morgan fingerprint density at radius 2 is 1.98 bits per heavy atom. The number of methoxy groups -OCH3 is 1. The Kier molecular flexibility index (Phi) is 8.23. The molecular formula is C30H34FN7O3. The highest BCUT2D eigenvalue weighted by Gasteiger charge is 2.31. The van der Waals surface area contributed by atoms with Crippen LogP contribution in [0.25, 0.3) is 11.3 Å². The lowest BCUT2D eigenvalue weighted by atomic mass is 9.89. The fourth-order valence-electron chi connectivity index (χ4n) is 5.67. The molecule has 2 N–H and O–H groups in total. The van der Waals surface area contributed by atoms with Crippen LogP contribution in [0, 0.1) is 11.3 Å². The van der Waals surface area contributed by atoms with Crippen LogP contribution in [0.5, 0.6) is 11.6 Å². The Morgan fingerprint density at radius 3 is 2.71 bits per heavy atom. The third-order valence-corrected chi connectivity index (χ3v) is 8.11. The molecule has 0 saturated carbocycles. The molecular weight excluding hydrogens is 525 g/mol. The number of halogens is 1. The van der Waals surface area contributed by atoms with Crippen molar-refractivity contribution in [2.24, 2.45) is 0 Å². The average molecular weight is 560 g/mol. The van der Waals surface area contributed by atoms with Crippen molar-refractivity contribution in [1.29, 1.82) is 5.26 Å². The highest BCUT2D eigenvalue weighted by atomic mass is 19.1. The van der Waals surface area contributed by atoms with Gasteiger partial charge in [-0.05, 0) is 81.2 Å². The molecule has 2 atom stereocenters. The number of ether oxygens (including phenoxy) is 3. The van der Waals surface area contributed by atoms with Crippen LogP contribution in [-0.2, 0) is 4.74 Å². The minimum Gasteiger partial charge on any atom is -0.486 e. The largest absolute Gasteiger partial charge is 0.486 e. The molecule has 0 aliphatic carbocycles. The van der Waals surface area contributed by atoms with Gasteiger partial charge in [0, 0.05) is 23.9 Å². The molecule has 6 rings (SSSR count). The van der Waals surface area contributed by atoms with Gasteiger partial charge in [0.25, 0.3) is 0 Å². The number of anilines is 2. The number of nitrogens with one attached hydrogen (secondary N) is 2. The molecule has 1 aromatic carbocycles. The van der Waals surface area contributed by atoms with Crippen LogP contribution in [0.3, 0.4) is 0 Å². The number of hydrogen-bond acceptors (Lipinski definition) is 10. The maximum absolute atomic E-state index is 14.2. The SMILES string of the molecule is COc1nc(Nc2nccc(-c3ccc(O[C@@H]4CCNC[C@@H]4F)c(C#N)c3)n2)ccc1C1CCN(C2COC2)CC1. The number of hydrogen-bond donors (Lipinski definition) is 2. The summed E-state index contributed by atoms with van der Waals surface area (Å²) in [4.78, 5) is 16.2. The zero-order valence-corrected chi connectivity index (χ0v) is 23.1. The summed E-state index contributed by atoms with van der Waals surface area (Å²) in [6, 6.07) is 13.7. The van der Waals surface area contributed by atoms with Crippen LogP contribution in [0.1, 0.15) is 36.3 Å². The predicted molar refractivity (Wildman–Crippen MR) is 151 cm³/mol. The Labute approximate surface area is 238 Å². The minimum absolute atomic E-state index is 0.251. The Morgan fingerprint density at radius 1 is 1.12 bits per heavy atom. The van der Waals surface area contributed by atoms with E-state index in [0.717, 1.165) is 50.3 Å². The zero-order valence-electron chi connectivity index (χ0n) is 23.1. The first kappa shape index (κ1) is 27.3. The lowest BCUT2D eigenvalue weighted by molar-refractivity contribution is -0.0713. The minimum atomic E-state index is -1.12. The second-order valence-electron chi connectivity index (χ2n) is 10.7. The maximum Gasteiger partial charge on any atom is 0.228 e. The summed E-state index contributed by atoms with van der Waals surface area (Å²) in [7, 11) is 1.65. The van der Waals surface area contributed by atoms with Gasteiger partial charge in [-0.15, -0.1) is 0 Å². The number of benzene rings is 1. The summed E-state index contributed by atoms with van der Waals surface area (Å²) >= 11 is 0. The number of rotatable bonds is 8. The number of likely N-dealkylation sites (tertiary alicyclic amines) is 1. The van der Waals surface area contributed by atoms with E-state index in [1.807, 2.05) is 12.1 Å². The fourth-order valence-corrected chi connectivity index (χ4v) is 5.67. The van der Waals surface area contributed by atoms with Crippen molar-refractivity contribution >= 4 is 11.8 Å². The van der Waals surface area contributed by atoms with Crippen molar-refractivity contribution in [3.63, 3.8) is 0 Å². The number of piperidine rings is 2. The monoisotopic (exact) mass is 559 g/mol. The van der Waals surface area contributed by atoms with Gasteiger partial charge in [0.15, 0.2) is 0 Å². The summed E-state index contributed by atoms with van der Waals surface area (Å²) in [6.45, 7) is 4.73. The van der Waals surface area contributed by atoms with Crippen molar-refractivity contribution in [3.8, 4) is 29.0 Å². The summed E-state index contributed by atoms with van der Waals surface area (Å²) in [5, 5.41) is 15.9. The third-order valence-electron chi connectivity index (χ3n) is 8.11. The van der Waals surface area contributed by atoms with E-state index in [0.29, 0.717) is 59.6 Å². The van der Waals surface area contributed by atoms with Crippen LogP contribution in [0.15, 0.2) is 42.6 Å². The molecule has 0 spiro atoms. The van der Waals surface area contributed by atoms with Gasteiger partial charge >= 0.3 is 0 Å². The molecule has 0 amide bonds. The van der Waals surface area contributed by atoms with Gasteiger partial charge in [0.1, 0.15) is 29.9 Å². The molecule has 11 heteroatoms. The van der Waals surface area contributed by atoms with Gasteiger partial charge in [-0.3, -0.25) is 4.90 Å². The molecule has 41 heavy (non-hydrogen) atoms. The summed E-state index contributed by atoms with van der Waals surface area (Å²) in [5.41, 5.74) is 2.80. The first-order chi connectivity index (χ1) is 20.1. The average Bonchev–Trinajstić information content (AvgIpc) is 2.98. The normalized spacial score (nSPS) is 22.0. The first-order valence-electron chi connectivity index (χ1n) is 14.1. The molecule has 0 unspecified atom stereocenters. The number of nitrogens with zero attached hydrogens (tertiary/aromatic N) is 5. The first-order valence-corrected chi connectivity index (χ1v) is 14.1. The second kappa shape index (κ2) is 12.3. The van der Waals surface area contributed by atoms with Gasteiger partial charge in [-0.25, -0.2) is 14.4 Å². The topological polar surface area (TPSA) is 117 Å². The highest BCUT2D eigenvalue weighted by molar-refractivity contribution is 5.65. The highest BCUT2D eigenvalue weighted by Crippen LogP contribution is 2.35. The second-order valence-corrected chi connectivity index (χ2v) is 10.7. The molecule has 0 bridgehead atoms. The Hall–Kier alpha value is -3.85. The predicted octanol–water partition coefficient (Wildman–Crippen LogP) is 3.82. The molecule has 5 heterocycles. The van der Waals surface area contributed by atoms with Crippen LogP contribution < -0.4 is 20.1 Å². The molecule has 0 radical (unpaired) electrons. The van der Waals surface area contributed by atoms with E-state index in [1.54, 1.807) is 31.5 Å². The summed E-state index contributed by atoms with van der Waals surface area (Å²) < 4.78 is 31.1. The lowest BCUT2D eigenvalue weighted by Crippen LogP contribution is -2.51. The van der Waals surface area contributed by atoms with Crippen molar-refractivity contribution in [2.75, 3.05) is 51.8 Å². The van der Waals surface area contributed by atoms with E-state index in [9.17, 15) is 9.65 Å². The fraction of sp³-hybridized carbons (Fsp3) is 0.467. The molecule has 2 aromatic heterocycles. The summed E-state index contributed by atoms with van der Waals surface area (Å²) in [6.07, 6.45) is 2.63. The molecule has 3 aromatic rings. The van der Waals surface area contributed by atoms with Crippen LogP contribution in [-0.4, -0.2) is 84.7 Å². The van der Waals surface area contributed by atoms with Crippen LogP contribution >= 0.6 is 0 Å². The van der Waals surface area contributed by atoms with Crippen LogP contribution in [0.2, 0.25) is 0 Å². The van der Waals surface area contributed by atoms with Gasteiger partial charge in [-0.1, -0.05) is 0 Å². The van der Waals surface area contributed by atoms with E-state index < -0.39 is 12.3 Å². The van der Waals surface area contributed by atoms with Crippen molar-refractivity contribution in [1.82, 2.24) is 25.2 Å². The number of aromatic nitrogens is 3. The molecule has 3 aliphatic rings. The third kappa shape index (κ3) is 6.10. The van der Waals surface area contributed by atoms with E-state index >= 15 is 0 Å². The zero-order chi connectivity index (χ0) is 28.2. The molecule has 10 nitrogen and oxygen atoms in total. The van der Waals surface area contributed by atoms with E-state index in [2.05, 4.69) is 37.6 Å². The van der Waals surface area contributed by atoms with Crippen LogP contribution in [0.4, 0.5) is 16.2 Å². The Bertz CT molecular complexity index is 1410. The van der Waals surface area contributed by atoms with Crippen molar-refractivity contribution in [2.45, 2.75) is 43.5 Å². The van der Waals surface area contributed by atoms with Crippen molar-refractivity contribution < 1.29 is 18.6 Å². The Balaban J connectivity index is 1.14. The van der Waals surface area contributed by atoms with Crippen molar-refractivity contribution in [3.05, 3.63) is 53.7 Å². The van der Waals surface area contributed by atoms with Gasteiger partial charge in [-0.2, -0.15) is 10.2 Å². The van der Waals surface area contributed by atoms with E-state index in [4.69, 9.17) is 19.2 Å². The van der Waals surface area contributed by atoms with Gasteiger partial charge in [0.2, 0.25) is 11.8 Å². The standard InChI is InChI=1S/C30H34FN7O3/c1-39-29-23(19-8-12-38(13-9-19)22-17-40-18-22)3-5-28(36-29)37-30-34-11-6-25(35-30)20-2-4-26(21(14-20)15-32)41-27-7-10-33-16-24(27)31/h2-6,11,14,19,22,24,27,33H,7-10,12-13,16-18H2,1H3,(H,34,35,36,37)/t24-,27+/m0/s1. The quantitative estimate of drug-likeness (QED) is 0.422. The molecule has 3 fully saturated rings. The smallest absolute Gasteiger partial charge is 0.228 e. The number of nitriles is 1. The van der Waals surface area contributed by atoms with E-state index in [-0.39, 0.29) is 6.54 Å². The number of alkyl halides is 1. The molecule has 3 saturated heterocycles. The molecule has 214 valence electrons. The maximum atomic E-state index is 14.2. The summed E-state index contributed by atoms with van der Waals surface area (Å²) in [5.74, 6) is 2.33. The van der Waals surface area contributed by atoms with Gasteiger partial charge < -0.3 is 24.8 Å². The van der Waals surface area contributed by atoms with Gasteiger partial charge in [0.05, 0.1) is 37.6 Å². The molecule has 3 aliphatic heterocycles. The van der Waals surface area contributed by atoms with E-state index in [1.165, 1.54) is 0 Å². The lowest BCUT2D eigenvalue weighted by Gasteiger charge is -2.41. The number of pyridine rings is 1.